The number of rotatable bonds is 5. The van der Waals surface area contributed by atoms with Gasteiger partial charge in [0.05, 0.1) is 19.2 Å². The smallest absolute Gasteiger partial charge is 0.275 e. The molecule has 1 amide bonds. The van der Waals surface area contributed by atoms with Crippen LogP contribution in [-0.2, 0) is 18.4 Å². The van der Waals surface area contributed by atoms with Gasteiger partial charge in [-0.1, -0.05) is 51.1 Å². The fourth-order valence-corrected chi connectivity index (χ4v) is 2.16. The summed E-state index contributed by atoms with van der Waals surface area (Å²) in [4.78, 5) is 17.5. The van der Waals surface area contributed by atoms with Crippen LogP contribution in [0.3, 0.4) is 0 Å². The zero-order chi connectivity index (χ0) is 18.3. The summed E-state index contributed by atoms with van der Waals surface area (Å²) in [5.41, 5.74) is 1.18. The van der Waals surface area contributed by atoms with Crippen molar-refractivity contribution < 1.29 is 18.4 Å². The number of carbonyl (C=O) groups is 1. The van der Waals surface area contributed by atoms with Crippen LogP contribution in [-0.4, -0.2) is 27.9 Å². The predicted molar refractivity (Wildman–Crippen MR) is 94.3 cm³/mol. The summed E-state index contributed by atoms with van der Waals surface area (Å²) in [5.74, 6) is -0.646. The van der Waals surface area contributed by atoms with Crippen molar-refractivity contribution in [3.05, 3.63) is 52.8 Å². The number of halogens is 2. The van der Waals surface area contributed by atoms with Crippen LogP contribution in [0.25, 0.3) is 0 Å². The Kier molecular flexibility index (Phi) is 9.59. The quantitative estimate of drug-likeness (QED) is 0.740. The van der Waals surface area contributed by atoms with Crippen molar-refractivity contribution in [1.82, 2.24) is 14.8 Å². The molecule has 0 saturated heterocycles. The summed E-state index contributed by atoms with van der Waals surface area (Å²) in [6.45, 7) is 6.09. The van der Waals surface area contributed by atoms with Crippen LogP contribution in [0.1, 0.15) is 54.9 Å². The number of amides is 1. The number of carbonyl (C=O) groups excluding carboxylic acids is 1. The van der Waals surface area contributed by atoms with Crippen molar-refractivity contribution in [2.75, 3.05) is 7.11 Å². The maximum Gasteiger partial charge on any atom is 0.282 e. The summed E-state index contributed by atoms with van der Waals surface area (Å²) in [6, 6.07) is 7.52. The molecule has 0 fully saturated rings. The van der Waals surface area contributed by atoms with E-state index in [0.29, 0.717) is 0 Å². The molecule has 1 heterocycles. The van der Waals surface area contributed by atoms with E-state index in [2.05, 4.69) is 5.10 Å². The van der Waals surface area contributed by atoms with Gasteiger partial charge in [0.25, 0.3) is 12.3 Å². The van der Waals surface area contributed by atoms with E-state index in [-0.39, 0.29) is 19.5 Å². The van der Waals surface area contributed by atoms with Gasteiger partial charge in [-0.2, -0.15) is 5.10 Å². The second-order valence-electron chi connectivity index (χ2n) is 4.92. The van der Waals surface area contributed by atoms with Crippen molar-refractivity contribution in [2.45, 2.75) is 41.2 Å². The molecule has 0 bridgehead atoms. The number of aryl methyl sites for hydroxylation is 2. The van der Waals surface area contributed by atoms with E-state index < -0.39 is 18.0 Å². The van der Waals surface area contributed by atoms with Gasteiger partial charge in [-0.15, -0.1) is 0 Å². The van der Waals surface area contributed by atoms with Gasteiger partial charge in [0, 0.05) is 13.2 Å². The molecule has 5 nitrogen and oxygen atoms in total. The normalized spacial score (nSPS) is 9.92. The number of alkyl halides is 2. The first-order valence-corrected chi connectivity index (χ1v) is 7.65. The number of hydrogen-bond donors (Lipinski definition) is 0. The monoisotopic (exact) mass is 355 g/mol. The van der Waals surface area contributed by atoms with Crippen LogP contribution >= 0.6 is 0 Å². The van der Waals surface area contributed by atoms with Crippen LogP contribution in [0.5, 0.6) is 0 Å². The Morgan fingerprint density at radius 2 is 2.00 bits per heavy atom. The van der Waals surface area contributed by atoms with Gasteiger partial charge in [0.15, 0.2) is 0 Å². The van der Waals surface area contributed by atoms with Crippen LogP contribution in [0.15, 0.2) is 30.5 Å². The Morgan fingerprint density at radius 3 is 2.52 bits per heavy atom. The highest BCUT2D eigenvalue weighted by Gasteiger charge is 2.26. The molecular formula is C18H27F2N3O2. The fraction of sp³-hybridized carbons (Fsp3) is 0.444. The van der Waals surface area contributed by atoms with Crippen LogP contribution in [0, 0.1) is 6.92 Å². The summed E-state index contributed by atoms with van der Waals surface area (Å²) in [7, 11) is 2.81. The lowest BCUT2D eigenvalue weighted by Gasteiger charge is -2.19. The molecule has 0 aliphatic rings. The fourth-order valence-electron chi connectivity index (χ4n) is 2.16. The molecule has 0 N–H and O–H groups in total. The van der Waals surface area contributed by atoms with Gasteiger partial charge >= 0.3 is 0 Å². The molecule has 0 aliphatic heterocycles. The highest BCUT2D eigenvalue weighted by atomic mass is 19.3. The minimum atomic E-state index is -2.82. The molecule has 0 unspecified atom stereocenters. The van der Waals surface area contributed by atoms with Crippen molar-refractivity contribution in [1.29, 1.82) is 0 Å². The van der Waals surface area contributed by atoms with Crippen molar-refractivity contribution >= 4 is 5.91 Å². The first-order chi connectivity index (χ1) is 11.4. The van der Waals surface area contributed by atoms with Gasteiger partial charge in [0.2, 0.25) is 0 Å². The van der Waals surface area contributed by atoms with Crippen LogP contribution in [0.2, 0.25) is 0 Å². The second-order valence-corrected chi connectivity index (χ2v) is 4.92. The maximum absolute atomic E-state index is 13.0. The van der Waals surface area contributed by atoms with E-state index in [9.17, 15) is 13.6 Å². The highest BCUT2D eigenvalue weighted by molar-refractivity contribution is 5.94. The third-order valence-electron chi connectivity index (χ3n) is 3.15. The Bertz CT molecular complexity index is 672. The maximum atomic E-state index is 13.0. The standard InChI is InChI=1S/C15H17F2N3O2.C2H6.CH4/c1-10-5-4-6-11(7-10)8-20(22-3)15(21)12-9-19(2)18-13(12)14(16)17;1-2;/h4-7,9,14H,8H2,1-3H3;1-2H3;1H4. The minimum Gasteiger partial charge on any atom is -0.275 e. The van der Waals surface area contributed by atoms with Crippen molar-refractivity contribution in [3.63, 3.8) is 0 Å². The first kappa shape index (κ1) is 22.7. The first-order valence-electron chi connectivity index (χ1n) is 7.65. The number of hydrogen-bond acceptors (Lipinski definition) is 3. The highest BCUT2D eigenvalue weighted by Crippen LogP contribution is 2.23. The minimum absolute atomic E-state index is 0. The molecule has 0 aliphatic carbocycles. The van der Waals surface area contributed by atoms with Gasteiger partial charge in [-0.3, -0.25) is 14.3 Å². The summed E-state index contributed by atoms with van der Waals surface area (Å²) >= 11 is 0. The molecule has 0 atom stereocenters. The molecule has 0 spiro atoms. The van der Waals surface area contributed by atoms with Crippen molar-refractivity contribution in [3.8, 4) is 0 Å². The Balaban J connectivity index is 0.00000185. The Labute approximate surface area is 148 Å². The third kappa shape index (κ3) is 5.94. The molecule has 1 aromatic heterocycles. The average molecular weight is 355 g/mol. The summed E-state index contributed by atoms with van der Waals surface area (Å²) < 4.78 is 27.1. The molecule has 2 rings (SSSR count). The van der Waals surface area contributed by atoms with Crippen LogP contribution in [0.4, 0.5) is 8.78 Å². The molecule has 140 valence electrons. The Hall–Kier alpha value is -2.28. The lowest BCUT2D eigenvalue weighted by molar-refractivity contribution is -0.102. The second kappa shape index (κ2) is 10.6. The zero-order valence-electron chi connectivity index (χ0n) is 14.6. The topological polar surface area (TPSA) is 47.4 Å². The zero-order valence-corrected chi connectivity index (χ0v) is 14.6. The number of aromatic nitrogens is 2. The number of nitrogens with zero attached hydrogens (tertiary/aromatic N) is 3. The van der Waals surface area contributed by atoms with E-state index in [1.54, 1.807) is 0 Å². The molecular weight excluding hydrogens is 328 g/mol. The van der Waals surface area contributed by atoms with Gasteiger partial charge in [-0.25, -0.2) is 13.8 Å². The third-order valence-corrected chi connectivity index (χ3v) is 3.15. The number of benzene rings is 1. The SMILES string of the molecule is C.CC.CON(Cc1cccc(C)c1)C(=O)c1cn(C)nc1C(F)F. The van der Waals surface area contributed by atoms with Gasteiger partial charge in [0.1, 0.15) is 5.69 Å². The molecule has 25 heavy (non-hydrogen) atoms. The molecule has 0 radical (unpaired) electrons. The predicted octanol–water partition coefficient (Wildman–Crippen LogP) is 4.53. The van der Waals surface area contributed by atoms with Crippen LogP contribution < -0.4 is 0 Å². The molecule has 2 aromatic rings. The number of hydroxylamine groups is 2. The molecule has 7 heteroatoms. The summed E-state index contributed by atoms with van der Waals surface area (Å²) in [5, 5.41) is 4.67. The van der Waals surface area contributed by atoms with Gasteiger partial charge in [-0.05, 0) is 12.5 Å². The lowest BCUT2D eigenvalue weighted by Crippen LogP contribution is -2.30. The average Bonchev–Trinajstić information content (AvgIpc) is 2.96. The van der Waals surface area contributed by atoms with E-state index in [1.807, 2.05) is 45.0 Å². The van der Waals surface area contributed by atoms with E-state index in [0.717, 1.165) is 16.2 Å². The lowest BCUT2D eigenvalue weighted by atomic mass is 10.1. The van der Waals surface area contributed by atoms with E-state index >= 15 is 0 Å². The van der Waals surface area contributed by atoms with E-state index in [4.69, 9.17) is 4.84 Å². The summed E-state index contributed by atoms with van der Waals surface area (Å²) in [6.07, 6.45) is -1.55. The van der Waals surface area contributed by atoms with Gasteiger partial charge < -0.3 is 0 Å². The Morgan fingerprint density at radius 1 is 1.36 bits per heavy atom. The molecule has 0 saturated carbocycles. The molecule has 1 aromatic carbocycles. The van der Waals surface area contributed by atoms with E-state index in [1.165, 1.54) is 25.0 Å². The van der Waals surface area contributed by atoms with Crippen molar-refractivity contribution in [2.24, 2.45) is 7.05 Å². The largest absolute Gasteiger partial charge is 0.282 e.